The average Bonchev–Trinajstić information content (AvgIpc) is 1.35. The molecule has 1 atom stereocenters. The van der Waals surface area contributed by atoms with Gasteiger partial charge >= 0.3 is 51.4 Å². The number of rotatable bonds is 2. The van der Waals surface area contributed by atoms with Gasteiger partial charge in [0.05, 0.1) is 6.26 Å². The molecule has 0 fully saturated rings. The molecule has 3 heteroatoms. The minimum absolute atomic E-state index is 0. The molecule has 0 amide bonds. The molecule has 0 rings (SSSR count). The quantitative estimate of drug-likeness (QED) is 0.222. The number of ether oxygens (including phenoxy) is 1. The first kappa shape index (κ1) is 11.0. The van der Waals surface area contributed by atoms with Crippen molar-refractivity contribution < 1.29 is 61.2 Å². The van der Waals surface area contributed by atoms with Gasteiger partial charge in [-0.05, 0) is 6.92 Å². The van der Waals surface area contributed by atoms with Crippen molar-refractivity contribution in [2.75, 3.05) is 0 Å². The molecule has 0 aromatic rings. The van der Waals surface area contributed by atoms with E-state index in [1.807, 2.05) is 0 Å². The predicted molar refractivity (Wildman–Crippen MR) is 20.7 cm³/mol. The van der Waals surface area contributed by atoms with Crippen LogP contribution in [0.4, 0.5) is 0 Å². The molecule has 0 saturated carbocycles. The van der Waals surface area contributed by atoms with Crippen LogP contribution in [-0.4, -0.2) is 6.29 Å². The third-order valence-corrected chi connectivity index (χ3v) is 0.288. The summed E-state index contributed by atoms with van der Waals surface area (Å²) in [6.07, 6.45) is 0.167. The molecule has 0 radical (unpaired) electrons. The second-order valence-corrected chi connectivity index (χ2v) is 0.870. The second kappa shape index (κ2) is 7.14. The van der Waals surface area contributed by atoms with Crippen LogP contribution in [0.5, 0.6) is 0 Å². The van der Waals surface area contributed by atoms with E-state index in [0.29, 0.717) is 0 Å². The zero-order valence-electron chi connectivity index (χ0n) is 4.68. The minimum atomic E-state index is -0.970. The van der Waals surface area contributed by atoms with Crippen LogP contribution in [0.1, 0.15) is 6.92 Å². The smallest absolute Gasteiger partial charge is 0.822 e. The number of hydrogen-bond donors (Lipinski definition) is 0. The van der Waals surface area contributed by atoms with E-state index in [9.17, 15) is 5.11 Å². The van der Waals surface area contributed by atoms with Gasteiger partial charge in [-0.3, -0.25) is 0 Å². The fraction of sp³-hybridized carbons (Fsp3) is 0.500. The predicted octanol–water partition coefficient (Wildman–Crippen LogP) is -3.14. The van der Waals surface area contributed by atoms with Crippen LogP contribution in [0.15, 0.2) is 12.8 Å². The Morgan fingerprint density at radius 2 is 2.29 bits per heavy atom. The van der Waals surface area contributed by atoms with Crippen LogP contribution < -0.4 is 56.5 Å². The summed E-state index contributed by atoms with van der Waals surface area (Å²) in [4.78, 5) is 0. The van der Waals surface area contributed by atoms with Crippen LogP contribution in [-0.2, 0) is 4.74 Å². The van der Waals surface area contributed by atoms with Crippen LogP contribution in [0.2, 0.25) is 0 Å². The van der Waals surface area contributed by atoms with Crippen molar-refractivity contribution in [1.29, 1.82) is 0 Å². The Balaban J connectivity index is 0. The fourth-order valence-electron chi connectivity index (χ4n) is 0.136. The van der Waals surface area contributed by atoms with Gasteiger partial charge in [-0.1, -0.05) is 6.58 Å². The van der Waals surface area contributed by atoms with E-state index in [4.69, 9.17) is 0 Å². The molecule has 1 unspecified atom stereocenters. The summed E-state index contributed by atoms with van der Waals surface area (Å²) in [5, 5.41) is 9.83. The van der Waals surface area contributed by atoms with E-state index in [0.717, 1.165) is 6.26 Å². The molecule has 0 aromatic carbocycles. The first-order valence-electron chi connectivity index (χ1n) is 1.69. The molecule has 0 aromatic heterocycles. The summed E-state index contributed by atoms with van der Waals surface area (Å²) >= 11 is 0. The fourth-order valence-corrected chi connectivity index (χ4v) is 0.136. The third kappa shape index (κ3) is 11.0. The topological polar surface area (TPSA) is 32.3 Å². The van der Waals surface area contributed by atoms with E-state index in [1.54, 1.807) is 0 Å². The van der Waals surface area contributed by atoms with Crippen molar-refractivity contribution in [3.8, 4) is 0 Å². The Labute approximate surface area is 86.0 Å². The van der Waals surface area contributed by atoms with Gasteiger partial charge < -0.3 is 9.84 Å². The van der Waals surface area contributed by atoms with Gasteiger partial charge in [0.25, 0.3) is 0 Å². The van der Waals surface area contributed by atoms with Gasteiger partial charge in [-0.2, -0.15) is 0 Å². The van der Waals surface area contributed by atoms with Gasteiger partial charge in [0.1, 0.15) is 0 Å². The summed E-state index contributed by atoms with van der Waals surface area (Å²) in [6.45, 7) is 4.58. The van der Waals surface area contributed by atoms with Crippen molar-refractivity contribution >= 4 is 0 Å². The summed E-state index contributed by atoms with van der Waals surface area (Å²) in [7, 11) is 0. The molecular weight excluding hydrogens is 119 g/mol. The molecule has 2 nitrogen and oxygen atoms in total. The SMILES string of the molecule is C=COC(C)[O-].[K+]. The van der Waals surface area contributed by atoms with Crippen LogP contribution >= 0.6 is 0 Å². The van der Waals surface area contributed by atoms with Gasteiger partial charge in [0.15, 0.2) is 0 Å². The molecule has 0 aliphatic carbocycles. The zero-order chi connectivity index (χ0) is 4.99. The van der Waals surface area contributed by atoms with E-state index in [2.05, 4.69) is 11.3 Å². The molecule has 36 valence electrons. The van der Waals surface area contributed by atoms with Crippen molar-refractivity contribution in [2.24, 2.45) is 0 Å². The van der Waals surface area contributed by atoms with Gasteiger partial charge in [-0.15, -0.1) is 0 Å². The van der Waals surface area contributed by atoms with E-state index in [-0.39, 0.29) is 51.4 Å². The van der Waals surface area contributed by atoms with Gasteiger partial charge in [0.2, 0.25) is 0 Å². The number of hydrogen-bond acceptors (Lipinski definition) is 2. The molecule has 0 spiro atoms. The Kier molecular flexibility index (Phi) is 11.2. The Morgan fingerprint density at radius 3 is 2.29 bits per heavy atom. The Hall–Kier alpha value is 1.14. The normalized spacial score (nSPS) is 11.1. The summed E-state index contributed by atoms with van der Waals surface area (Å²) < 4.78 is 4.25. The first-order valence-corrected chi connectivity index (χ1v) is 1.69. The molecule has 0 bridgehead atoms. The second-order valence-electron chi connectivity index (χ2n) is 0.870. The molecule has 0 aliphatic heterocycles. The molecule has 0 aliphatic rings. The van der Waals surface area contributed by atoms with E-state index < -0.39 is 6.29 Å². The van der Waals surface area contributed by atoms with Crippen molar-refractivity contribution in [1.82, 2.24) is 0 Å². The van der Waals surface area contributed by atoms with Crippen LogP contribution in [0, 0.1) is 0 Å². The molecule has 0 saturated heterocycles. The summed E-state index contributed by atoms with van der Waals surface area (Å²) in [5.41, 5.74) is 0. The summed E-state index contributed by atoms with van der Waals surface area (Å²) in [5.74, 6) is 0. The van der Waals surface area contributed by atoms with Gasteiger partial charge in [0, 0.05) is 6.29 Å². The Morgan fingerprint density at radius 1 is 1.86 bits per heavy atom. The van der Waals surface area contributed by atoms with Crippen molar-refractivity contribution in [3.05, 3.63) is 12.8 Å². The zero-order valence-corrected chi connectivity index (χ0v) is 7.80. The maximum atomic E-state index is 9.83. The first-order chi connectivity index (χ1) is 2.77. The molecule has 0 heterocycles. The molecule has 0 N–H and O–H groups in total. The Bertz CT molecular complexity index is 45.0. The minimum Gasteiger partial charge on any atom is -0.822 e. The molecular formula is C4H7KO2. The van der Waals surface area contributed by atoms with E-state index >= 15 is 0 Å². The van der Waals surface area contributed by atoms with Crippen molar-refractivity contribution in [3.63, 3.8) is 0 Å². The van der Waals surface area contributed by atoms with Crippen molar-refractivity contribution in [2.45, 2.75) is 13.2 Å². The van der Waals surface area contributed by atoms with E-state index in [1.165, 1.54) is 6.92 Å². The maximum absolute atomic E-state index is 9.83. The maximum Gasteiger partial charge on any atom is 1.00 e. The van der Waals surface area contributed by atoms with Crippen LogP contribution in [0.3, 0.4) is 0 Å². The standard InChI is InChI=1S/C4H7O2.K/c1-3-6-4(2)5;/h3-4H,1H2,2H3;/q-1;+1. The monoisotopic (exact) mass is 126 g/mol. The van der Waals surface area contributed by atoms with Crippen LogP contribution in [0.25, 0.3) is 0 Å². The average molecular weight is 126 g/mol. The largest absolute Gasteiger partial charge is 1.00 e. The van der Waals surface area contributed by atoms with Gasteiger partial charge in [-0.25, -0.2) is 0 Å². The molecule has 7 heavy (non-hydrogen) atoms. The third-order valence-electron chi connectivity index (χ3n) is 0.288. The summed E-state index contributed by atoms with van der Waals surface area (Å²) in [6, 6.07) is 0.